The van der Waals surface area contributed by atoms with Crippen molar-refractivity contribution in [2.45, 2.75) is 45.4 Å². The van der Waals surface area contributed by atoms with E-state index in [1.54, 1.807) is 6.92 Å². The average Bonchev–Trinajstić information content (AvgIpc) is 2.09. The van der Waals surface area contributed by atoms with Gasteiger partial charge in [0.15, 0.2) is 5.12 Å². The lowest BCUT2D eigenvalue weighted by Gasteiger charge is -1.99. The lowest BCUT2D eigenvalue weighted by molar-refractivity contribution is -0.109. The van der Waals surface area contributed by atoms with Crippen LogP contribution in [0.5, 0.6) is 0 Å². The minimum Gasteiger partial charge on any atom is -0.330 e. The Balaban J connectivity index is 0. The van der Waals surface area contributed by atoms with Crippen LogP contribution in [0.1, 0.15) is 45.4 Å². The maximum atomic E-state index is 10.6. The molecule has 0 atom stereocenters. The highest BCUT2D eigenvalue weighted by Crippen LogP contribution is 2.09. The standard InChI is InChI=1S/C10H21NOS.ClH/c1-10(12)13-9-7-5-3-2-4-6-8-11;/h2-9,11H2,1H3;1H. The van der Waals surface area contributed by atoms with Crippen molar-refractivity contribution in [1.82, 2.24) is 0 Å². The molecule has 0 fully saturated rings. The molecule has 2 N–H and O–H groups in total. The first-order valence-electron chi connectivity index (χ1n) is 5.11. The number of carbonyl (C=O) groups is 1. The van der Waals surface area contributed by atoms with Gasteiger partial charge in [0.05, 0.1) is 0 Å². The van der Waals surface area contributed by atoms with Crippen molar-refractivity contribution >= 4 is 29.3 Å². The molecule has 0 radical (unpaired) electrons. The Morgan fingerprint density at radius 2 is 1.57 bits per heavy atom. The number of halogens is 1. The first kappa shape index (κ1) is 16.7. The van der Waals surface area contributed by atoms with Gasteiger partial charge in [0.2, 0.25) is 0 Å². The van der Waals surface area contributed by atoms with Crippen LogP contribution in [0, 0.1) is 0 Å². The molecule has 0 saturated heterocycles. The zero-order valence-corrected chi connectivity index (χ0v) is 10.6. The second-order valence-corrected chi connectivity index (χ2v) is 4.52. The van der Waals surface area contributed by atoms with Crippen molar-refractivity contribution in [3.05, 3.63) is 0 Å². The number of thioether (sulfide) groups is 1. The van der Waals surface area contributed by atoms with Gasteiger partial charge in [-0.15, -0.1) is 12.4 Å². The highest BCUT2D eigenvalue weighted by Gasteiger charge is 1.94. The topological polar surface area (TPSA) is 43.1 Å². The van der Waals surface area contributed by atoms with E-state index >= 15 is 0 Å². The van der Waals surface area contributed by atoms with E-state index in [1.165, 1.54) is 43.9 Å². The molecule has 0 aliphatic carbocycles. The third-order valence-corrected chi connectivity index (χ3v) is 2.80. The largest absolute Gasteiger partial charge is 0.330 e. The van der Waals surface area contributed by atoms with Gasteiger partial charge in [-0.25, -0.2) is 0 Å². The lowest BCUT2D eigenvalue weighted by Crippen LogP contribution is -1.97. The van der Waals surface area contributed by atoms with Crippen LogP contribution in [0.15, 0.2) is 0 Å². The van der Waals surface area contributed by atoms with Crippen LogP contribution in [0.25, 0.3) is 0 Å². The van der Waals surface area contributed by atoms with E-state index in [0.29, 0.717) is 0 Å². The molecule has 0 unspecified atom stereocenters. The third kappa shape index (κ3) is 14.8. The molecule has 0 saturated carbocycles. The Bertz CT molecular complexity index is 133. The van der Waals surface area contributed by atoms with Crippen LogP contribution in [0.3, 0.4) is 0 Å². The van der Waals surface area contributed by atoms with Crippen molar-refractivity contribution in [3.63, 3.8) is 0 Å². The Hall–Kier alpha value is 0.270. The Kier molecular flexibility index (Phi) is 15.8. The molecule has 0 aliphatic heterocycles. The second-order valence-electron chi connectivity index (χ2n) is 3.25. The summed E-state index contributed by atoms with van der Waals surface area (Å²) in [5.74, 6) is 0.992. The third-order valence-electron chi connectivity index (χ3n) is 1.90. The monoisotopic (exact) mass is 239 g/mol. The van der Waals surface area contributed by atoms with Crippen molar-refractivity contribution in [1.29, 1.82) is 0 Å². The van der Waals surface area contributed by atoms with E-state index in [2.05, 4.69) is 0 Å². The predicted molar refractivity (Wildman–Crippen MR) is 67.1 cm³/mol. The number of hydrogen-bond acceptors (Lipinski definition) is 3. The molecule has 0 bridgehead atoms. The van der Waals surface area contributed by atoms with Crippen molar-refractivity contribution in [3.8, 4) is 0 Å². The van der Waals surface area contributed by atoms with Crippen molar-refractivity contribution < 1.29 is 4.79 Å². The molecule has 0 amide bonds. The molecule has 86 valence electrons. The summed E-state index contributed by atoms with van der Waals surface area (Å²) in [4.78, 5) is 10.6. The number of rotatable bonds is 8. The van der Waals surface area contributed by atoms with Crippen LogP contribution in [-0.4, -0.2) is 17.4 Å². The second kappa shape index (κ2) is 13.3. The van der Waals surface area contributed by atoms with E-state index < -0.39 is 0 Å². The fourth-order valence-electron chi connectivity index (χ4n) is 1.17. The quantitative estimate of drug-likeness (QED) is 0.663. The molecule has 0 aliphatic rings. The number of nitrogens with two attached hydrogens (primary N) is 1. The minimum absolute atomic E-state index is 0. The maximum Gasteiger partial charge on any atom is 0.185 e. The first-order valence-corrected chi connectivity index (χ1v) is 6.09. The van der Waals surface area contributed by atoms with E-state index in [-0.39, 0.29) is 17.5 Å². The van der Waals surface area contributed by atoms with E-state index in [0.717, 1.165) is 18.7 Å². The van der Waals surface area contributed by atoms with E-state index in [9.17, 15) is 4.79 Å². The zero-order chi connectivity index (χ0) is 9.94. The number of carbonyl (C=O) groups excluding carboxylic acids is 1. The van der Waals surface area contributed by atoms with Crippen LogP contribution in [0.2, 0.25) is 0 Å². The Morgan fingerprint density at radius 1 is 1.07 bits per heavy atom. The molecular weight excluding hydrogens is 218 g/mol. The summed E-state index contributed by atoms with van der Waals surface area (Å²) >= 11 is 1.44. The average molecular weight is 240 g/mol. The smallest absolute Gasteiger partial charge is 0.185 e. The molecule has 0 rings (SSSR count). The van der Waals surface area contributed by atoms with Gasteiger partial charge in [-0.05, 0) is 19.4 Å². The lowest BCUT2D eigenvalue weighted by atomic mass is 10.1. The summed E-state index contributed by atoms with van der Waals surface area (Å²) in [7, 11) is 0. The van der Waals surface area contributed by atoms with Gasteiger partial charge in [-0.3, -0.25) is 4.79 Å². The summed E-state index contributed by atoms with van der Waals surface area (Å²) in [5, 5.41) is 0.239. The highest BCUT2D eigenvalue weighted by atomic mass is 35.5. The van der Waals surface area contributed by atoms with Gasteiger partial charge in [0, 0.05) is 12.7 Å². The molecule has 0 aromatic carbocycles. The van der Waals surface area contributed by atoms with Crippen molar-refractivity contribution in [2.75, 3.05) is 12.3 Å². The molecule has 14 heavy (non-hydrogen) atoms. The van der Waals surface area contributed by atoms with Crippen molar-refractivity contribution in [2.24, 2.45) is 5.73 Å². The van der Waals surface area contributed by atoms with Gasteiger partial charge in [0.25, 0.3) is 0 Å². The van der Waals surface area contributed by atoms with Gasteiger partial charge < -0.3 is 5.73 Å². The van der Waals surface area contributed by atoms with Crippen LogP contribution >= 0.6 is 24.2 Å². The fraction of sp³-hybridized carbons (Fsp3) is 0.900. The Labute approximate surface area is 97.8 Å². The maximum absolute atomic E-state index is 10.6. The zero-order valence-electron chi connectivity index (χ0n) is 8.96. The predicted octanol–water partition coefficient (Wildman–Crippen LogP) is 2.99. The van der Waals surface area contributed by atoms with Gasteiger partial charge in [0.1, 0.15) is 0 Å². The summed E-state index contributed by atoms with van der Waals surface area (Å²) < 4.78 is 0. The number of hydrogen-bond donors (Lipinski definition) is 1. The summed E-state index contributed by atoms with van der Waals surface area (Å²) in [6.45, 7) is 2.45. The normalized spacial score (nSPS) is 9.57. The molecule has 0 aromatic heterocycles. The SMILES string of the molecule is CC(=O)SCCCCCCCCN.Cl. The highest BCUT2D eigenvalue weighted by molar-refractivity contribution is 8.13. The minimum atomic E-state index is 0. The molecular formula is C10H22ClNOS. The van der Waals surface area contributed by atoms with Crippen LogP contribution < -0.4 is 5.73 Å². The molecule has 0 heterocycles. The van der Waals surface area contributed by atoms with Crippen LogP contribution in [0.4, 0.5) is 0 Å². The molecule has 2 nitrogen and oxygen atoms in total. The molecule has 0 spiro atoms. The molecule has 0 aromatic rings. The Morgan fingerprint density at radius 3 is 2.07 bits per heavy atom. The van der Waals surface area contributed by atoms with E-state index in [1.807, 2.05) is 0 Å². The van der Waals surface area contributed by atoms with Gasteiger partial charge in [-0.2, -0.15) is 0 Å². The summed E-state index contributed by atoms with van der Waals surface area (Å²) in [6, 6.07) is 0. The molecule has 4 heteroatoms. The van der Waals surface area contributed by atoms with E-state index in [4.69, 9.17) is 5.73 Å². The summed E-state index contributed by atoms with van der Waals surface area (Å²) in [6.07, 6.45) is 7.43. The summed E-state index contributed by atoms with van der Waals surface area (Å²) in [5.41, 5.74) is 5.38. The van der Waals surface area contributed by atoms with Crippen LogP contribution in [-0.2, 0) is 4.79 Å². The van der Waals surface area contributed by atoms with Gasteiger partial charge >= 0.3 is 0 Å². The van der Waals surface area contributed by atoms with Gasteiger partial charge in [-0.1, -0.05) is 37.4 Å². The number of unbranched alkanes of at least 4 members (excludes halogenated alkanes) is 5. The fourth-order valence-corrected chi connectivity index (χ4v) is 1.81. The first-order chi connectivity index (χ1) is 6.27.